The summed E-state index contributed by atoms with van der Waals surface area (Å²) in [5.74, 6) is -2.20. The van der Waals surface area contributed by atoms with Crippen LogP contribution in [-0.4, -0.2) is 29.4 Å². The van der Waals surface area contributed by atoms with E-state index in [-0.39, 0.29) is 23.6 Å². The van der Waals surface area contributed by atoms with Crippen LogP contribution in [0.15, 0.2) is 12.1 Å². The fourth-order valence-electron chi connectivity index (χ4n) is 2.60. The maximum Gasteiger partial charge on any atom is 0.255 e. The molecule has 110 valence electrons. The molecular formula is C14H17F2IN2O. The summed E-state index contributed by atoms with van der Waals surface area (Å²) in [6.45, 7) is 2.48. The molecule has 1 aromatic carbocycles. The number of amides is 1. The van der Waals surface area contributed by atoms with Crippen molar-refractivity contribution in [2.45, 2.75) is 38.3 Å². The number of nitrogens with zero attached hydrogens (tertiary/aromatic N) is 1. The van der Waals surface area contributed by atoms with Crippen LogP contribution in [0.25, 0.3) is 0 Å². The van der Waals surface area contributed by atoms with E-state index in [0.29, 0.717) is 10.1 Å². The van der Waals surface area contributed by atoms with Crippen LogP contribution >= 0.6 is 22.6 Å². The number of carbonyl (C=O) groups is 1. The molecule has 0 saturated carbocycles. The molecule has 20 heavy (non-hydrogen) atoms. The van der Waals surface area contributed by atoms with Gasteiger partial charge in [-0.25, -0.2) is 8.78 Å². The molecule has 0 spiro atoms. The second-order valence-corrected chi connectivity index (χ2v) is 6.33. The summed E-state index contributed by atoms with van der Waals surface area (Å²) >= 11 is 1.85. The average molecular weight is 394 g/mol. The van der Waals surface area contributed by atoms with E-state index in [9.17, 15) is 13.6 Å². The summed E-state index contributed by atoms with van der Waals surface area (Å²) in [5, 5.41) is 0. The van der Waals surface area contributed by atoms with Crippen molar-refractivity contribution in [2.75, 3.05) is 6.54 Å². The van der Waals surface area contributed by atoms with E-state index in [1.807, 2.05) is 29.5 Å². The number of hydrogen-bond donors (Lipinski definition) is 1. The number of carbonyl (C=O) groups excluding carboxylic acids is 1. The first kappa shape index (κ1) is 15.6. The first-order valence-corrected chi connectivity index (χ1v) is 7.70. The Labute approximate surface area is 130 Å². The molecule has 1 aliphatic heterocycles. The average Bonchev–Trinajstić information content (AvgIpc) is 2.42. The van der Waals surface area contributed by atoms with Gasteiger partial charge in [-0.05, 0) is 60.9 Å². The molecule has 2 unspecified atom stereocenters. The maximum absolute atomic E-state index is 13.4. The SMILES string of the molecule is CC(N)C1CCCCN1C(=O)c1cc(F)c(F)cc1I. The Morgan fingerprint density at radius 2 is 2.05 bits per heavy atom. The highest BCUT2D eigenvalue weighted by molar-refractivity contribution is 14.1. The fourth-order valence-corrected chi connectivity index (χ4v) is 3.26. The van der Waals surface area contributed by atoms with Gasteiger partial charge < -0.3 is 10.6 Å². The van der Waals surface area contributed by atoms with E-state index < -0.39 is 11.6 Å². The monoisotopic (exact) mass is 394 g/mol. The summed E-state index contributed by atoms with van der Waals surface area (Å²) in [4.78, 5) is 14.3. The van der Waals surface area contributed by atoms with E-state index in [1.54, 1.807) is 4.90 Å². The number of rotatable bonds is 2. The van der Waals surface area contributed by atoms with E-state index in [2.05, 4.69) is 0 Å². The van der Waals surface area contributed by atoms with E-state index in [0.717, 1.165) is 31.4 Å². The van der Waals surface area contributed by atoms with Crippen LogP contribution in [0, 0.1) is 15.2 Å². The van der Waals surface area contributed by atoms with Crippen LogP contribution in [0.1, 0.15) is 36.5 Å². The van der Waals surface area contributed by atoms with Gasteiger partial charge in [0.05, 0.1) is 5.56 Å². The number of hydrogen-bond acceptors (Lipinski definition) is 2. The molecule has 2 rings (SSSR count). The minimum atomic E-state index is -0.997. The van der Waals surface area contributed by atoms with Crippen molar-refractivity contribution in [2.24, 2.45) is 5.73 Å². The van der Waals surface area contributed by atoms with Crippen LogP contribution in [0.5, 0.6) is 0 Å². The maximum atomic E-state index is 13.4. The van der Waals surface area contributed by atoms with Crippen molar-refractivity contribution >= 4 is 28.5 Å². The Balaban J connectivity index is 2.32. The minimum absolute atomic E-state index is 0.0415. The summed E-state index contributed by atoms with van der Waals surface area (Å²) in [6.07, 6.45) is 2.80. The Bertz CT molecular complexity index is 522. The van der Waals surface area contributed by atoms with Gasteiger partial charge in [-0.15, -0.1) is 0 Å². The molecular weight excluding hydrogens is 377 g/mol. The topological polar surface area (TPSA) is 46.3 Å². The Kier molecular flexibility index (Phi) is 4.95. The molecule has 6 heteroatoms. The molecule has 1 saturated heterocycles. The zero-order chi connectivity index (χ0) is 14.9. The predicted octanol–water partition coefficient (Wildman–Crippen LogP) is 2.91. The Morgan fingerprint density at radius 1 is 1.40 bits per heavy atom. The molecule has 0 aliphatic carbocycles. The van der Waals surface area contributed by atoms with Crippen LogP contribution in [0.2, 0.25) is 0 Å². The van der Waals surface area contributed by atoms with Crippen molar-refractivity contribution in [1.82, 2.24) is 4.90 Å². The molecule has 0 radical (unpaired) electrons. The van der Waals surface area contributed by atoms with Crippen molar-refractivity contribution in [1.29, 1.82) is 0 Å². The second kappa shape index (κ2) is 6.34. The second-order valence-electron chi connectivity index (χ2n) is 5.17. The lowest BCUT2D eigenvalue weighted by Gasteiger charge is -2.38. The van der Waals surface area contributed by atoms with Gasteiger partial charge in [-0.3, -0.25) is 4.79 Å². The highest BCUT2D eigenvalue weighted by Gasteiger charge is 2.31. The molecule has 1 fully saturated rings. The lowest BCUT2D eigenvalue weighted by Crippen LogP contribution is -2.51. The molecule has 1 heterocycles. The van der Waals surface area contributed by atoms with E-state index >= 15 is 0 Å². The highest BCUT2D eigenvalue weighted by Crippen LogP contribution is 2.24. The standard InChI is InChI=1S/C14H17F2IN2O/c1-8(18)13-4-2-3-5-19(13)14(20)9-6-10(15)11(16)7-12(9)17/h6-8,13H,2-5,18H2,1H3. The number of piperidine rings is 1. The first-order valence-electron chi connectivity index (χ1n) is 6.63. The zero-order valence-electron chi connectivity index (χ0n) is 11.2. The van der Waals surface area contributed by atoms with Crippen molar-refractivity contribution in [3.05, 3.63) is 32.9 Å². The lowest BCUT2D eigenvalue weighted by atomic mass is 9.96. The predicted molar refractivity (Wildman–Crippen MR) is 81.4 cm³/mol. The summed E-state index contributed by atoms with van der Waals surface area (Å²) in [6, 6.07) is 1.85. The number of benzene rings is 1. The molecule has 1 amide bonds. The molecule has 0 bridgehead atoms. The van der Waals surface area contributed by atoms with Crippen LogP contribution in [-0.2, 0) is 0 Å². The molecule has 1 aromatic rings. The van der Waals surface area contributed by atoms with Crippen LogP contribution in [0.4, 0.5) is 8.78 Å². The third-order valence-corrected chi connectivity index (χ3v) is 4.55. The Morgan fingerprint density at radius 3 is 2.70 bits per heavy atom. The summed E-state index contributed by atoms with van der Waals surface area (Å²) in [7, 11) is 0. The van der Waals surface area contributed by atoms with Gasteiger partial charge in [-0.2, -0.15) is 0 Å². The van der Waals surface area contributed by atoms with Crippen molar-refractivity contribution in [3.63, 3.8) is 0 Å². The Hall–Kier alpha value is -0.760. The highest BCUT2D eigenvalue weighted by atomic mass is 127. The third-order valence-electron chi connectivity index (χ3n) is 3.66. The van der Waals surface area contributed by atoms with Gasteiger partial charge in [-0.1, -0.05) is 0 Å². The third kappa shape index (κ3) is 3.11. The first-order chi connectivity index (χ1) is 9.41. The summed E-state index contributed by atoms with van der Waals surface area (Å²) in [5.41, 5.74) is 6.14. The zero-order valence-corrected chi connectivity index (χ0v) is 13.4. The quantitative estimate of drug-likeness (QED) is 0.620. The van der Waals surface area contributed by atoms with Gasteiger partial charge in [0, 0.05) is 22.2 Å². The van der Waals surface area contributed by atoms with E-state index in [4.69, 9.17) is 5.73 Å². The number of likely N-dealkylation sites (tertiary alicyclic amines) is 1. The van der Waals surface area contributed by atoms with Gasteiger partial charge >= 0.3 is 0 Å². The molecule has 1 aliphatic rings. The molecule has 2 atom stereocenters. The fraction of sp³-hybridized carbons (Fsp3) is 0.500. The molecule has 3 nitrogen and oxygen atoms in total. The molecule has 2 N–H and O–H groups in total. The number of halogens is 3. The smallest absolute Gasteiger partial charge is 0.255 e. The normalized spacial score (nSPS) is 20.9. The van der Waals surface area contributed by atoms with Crippen LogP contribution < -0.4 is 5.73 Å². The van der Waals surface area contributed by atoms with Gasteiger partial charge in [0.2, 0.25) is 0 Å². The van der Waals surface area contributed by atoms with Crippen LogP contribution in [0.3, 0.4) is 0 Å². The molecule has 0 aromatic heterocycles. The minimum Gasteiger partial charge on any atom is -0.334 e. The van der Waals surface area contributed by atoms with E-state index in [1.165, 1.54) is 0 Å². The van der Waals surface area contributed by atoms with Crippen molar-refractivity contribution < 1.29 is 13.6 Å². The largest absolute Gasteiger partial charge is 0.334 e. The van der Waals surface area contributed by atoms with Gasteiger partial charge in [0.25, 0.3) is 5.91 Å². The van der Waals surface area contributed by atoms with Crippen molar-refractivity contribution in [3.8, 4) is 0 Å². The van der Waals surface area contributed by atoms with Gasteiger partial charge in [0.15, 0.2) is 11.6 Å². The summed E-state index contributed by atoms with van der Waals surface area (Å²) < 4.78 is 26.9. The number of nitrogens with two attached hydrogens (primary N) is 1. The lowest BCUT2D eigenvalue weighted by molar-refractivity contribution is 0.0582. The van der Waals surface area contributed by atoms with Gasteiger partial charge in [0.1, 0.15) is 0 Å².